The molecule has 0 saturated heterocycles. The van der Waals surface area contributed by atoms with Gasteiger partial charge in [-0.15, -0.1) is 0 Å². The summed E-state index contributed by atoms with van der Waals surface area (Å²) in [6.45, 7) is 3.23. The lowest BCUT2D eigenvalue weighted by Gasteiger charge is -2.41. The summed E-state index contributed by atoms with van der Waals surface area (Å²) >= 11 is 0. The lowest BCUT2D eigenvalue weighted by atomic mass is 9.85. The molecule has 0 spiro atoms. The zero-order valence-electron chi connectivity index (χ0n) is 31.9. The second-order valence-electron chi connectivity index (χ2n) is 14.1. The first kappa shape index (κ1) is 48.6. The number of ether oxygens (including phenoxy) is 2. The van der Waals surface area contributed by atoms with E-state index in [1.54, 1.807) is 0 Å². The number of phosphoric acid groups is 1. The van der Waals surface area contributed by atoms with Crippen LogP contribution in [0.2, 0.25) is 0 Å². The number of aliphatic hydroxyl groups is 5. The Kier molecular flexibility index (Phi) is 27.9. The molecule has 14 heteroatoms. The molecular formula is C38H71O13P. The molecule has 6 N–H and O–H groups in total. The van der Waals surface area contributed by atoms with Crippen LogP contribution in [0.5, 0.6) is 0 Å². The minimum absolute atomic E-state index is 0.0988. The molecule has 1 saturated carbocycles. The number of carbonyl (C=O) groups is 2. The predicted molar refractivity (Wildman–Crippen MR) is 198 cm³/mol. The van der Waals surface area contributed by atoms with Gasteiger partial charge in [0.2, 0.25) is 0 Å². The van der Waals surface area contributed by atoms with Crippen molar-refractivity contribution in [1.82, 2.24) is 0 Å². The molecule has 0 amide bonds. The third kappa shape index (κ3) is 22.7. The van der Waals surface area contributed by atoms with E-state index >= 15 is 0 Å². The van der Waals surface area contributed by atoms with Gasteiger partial charge in [0, 0.05) is 12.8 Å². The number of unbranched alkanes of at least 4 members (excludes halogenated alkanes) is 18. The van der Waals surface area contributed by atoms with E-state index in [9.17, 15) is 44.6 Å². The Morgan fingerprint density at radius 2 is 0.981 bits per heavy atom. The van der Waals surface area contributed by atoms with E-state index in [4.69, 9.17) is 18.5 Å². The molecule has 306 valence electrons. The Morgan fingerprint density at radius 1 is 0.577 bits per heavy atom. The maximum absolute atomic E-state index is 12.7. The van der Waals surface area contributed by atoms with E-state index in [-0.39, 0.29) is 12.8 Å². The third-order valence-electron chi connectivity index (χ3n) is 9.36. The van der Waals surface area contributed by atoms with E-state index in [0.29, 0.717) is 12.8 Å². The average molecular weight is 767 g/mol. The number of hydrogen-bond donors (Lipinski definition) is 6. The maximum Gasteiger partial charge on any atom is 0.472 e. The van der Waals surface area contributed by atoms with Crippen molar-refractivity contribution in [2.45, 2.75) is 204 Å². The van der Waals surface area contributed by atoms with Gasteiger partial charge in [0.15, 0.2) is 6.10 Å². The first-order valence-electron chi connectivity index (χ1n) is 20.0. The topological polar surface area (TPSA) is 210 Å². The molecule has 0 aromatic heterocycles. The van der Waals surface area contributed by atoms with Gasteiger partial charge < -0.3 is 39.9 Å². The molecule has 1 aliphatic carbocycles. The number of esters is 2. The molecule has 1 rings (SSSR count). The molecule has 13 nitrogen and oxygen atoms in total. The van der Waals surface area contributed by atoms with Crippen molar-refractivity contribution >= 4 is 19.8 Å². The largest absolute Gasteiger partial charge is 0.472 e. The normalized spacial score (nSPS) is 23.8. The van der Waals surface area contributed by atoms with E-state index < -0.39 is 75.7 Å². The monoisotopic (exact) mass is 766 g/mol. The Bertz CT molecular complexity index is 980. The van der Waals surface area contributed by atoms with Crippen LogP contribution in [0.3, 0.4) is 0 Å². The van der Waals surface area contributed by atoms with Crippen molar-refractivity contribution in [1.29, 1.82) is 0 Å². The minimum Gasteiger partial charge on any atom is -0.462 e. The smallest absolute Gasteiger partial charge is 0.462 e. The van der Waals surface area contributed by atoms with Crippen LogP contribution >= 0.6 is 7.82 Å². The molecule has 8 atom stereocenters. The molecular weight excluding hydrogens is 695 g/mol. The summed E-state index contributed by atoms with van der Waals surface area (Å²) in [7, 11) is -5.10. The number of carbonyl (C=O) groups excluding carboxylic acids is 2. The first-order chi connectivity index (χ1) is 24.9. The third-order valence-corrected chi connectivity index (χ3v) is 10.3. The quantitative estimate of drug-likeness (QED) is 0.0192. The summed E-state index contributed by atoms with van der Waals surface area (Å²) in [4.78, 5) is 35.4. The molecule has 0 aliphatic heterocycles. The van der Waals surface area contributed by atoms with E-state index in [2.05, 4.69) is 26.0 Å². The first-order valence-corrected chi connectivity index (χ1v) is 21.5. The Balaban J connectivity index is 2.53. The van der Waals surface area contributed by atoms with Gasteiger partial charge in [-0.05, 0) is 38.5 Å². The highest BCUT2D eigenvalue weighted by molar-refractivity contribution is 7.47. The Morgan fingerprint density at radius 3 is 1.48 bits per heavy atom. The lowest BCUT2D eigenvalue weighted by Crippen LogP contribution is -2.64. The fraction of sp³-hybridized carbons (Fsp3) is 0.895. The van der Waals surface area contributed by atoms with Crippen molar-refractivity contribution in [3.05, 3.63) is 12.2 Å². The number of aliphatic hydroxyl groups excluding tert-OH is 5. The summed E-state index contributed by atoms with van der Waals surface area (Å²) in [6, 6.07) is 0. The highest BCUT2D eigenvalue weighted by Gasteiger charge is 2.51. The SMILES string of the molecule is CCCCCC/C=C/CCCCCCCC(=O)OC[C@H](COP(=O)(O)OC1C(O)C(O)C(O)[C@@H](O)C1O)OC(=O)CCCCCCCCCCCC. The number of rotatable bonds is 32. The van der Waals surface area contributed by atoms with E-state index in [0.717, 1.165) is 64.2 Å². The van der Waals surface area contributed by atoms with Crippen LogP contribution in [0.1, 0.15) is 162 Å². The molecule has 1 aliphatic rings. The number of phosphoric ester groups is 1. The molecule has 0 radical (unpaired) electrons. The average Bonchev–Trinajstić information content (AvgIpc) is 3.12. The van der Waals surface area contributed by atoms with Crippen LogP contribution in [0, 0.1) is 0 Å². The number of allylic oxidation sites excluding steroid dienone is 2. The van der Waals surface area contributed by atoms with Crippen LogP contribution in [-0.4, -0.2) is 98.3 Å². The maximum atomic E-state index is 12.7. The summed E-state index contributed by atoms with van der Waals surface area (Å²) in [5.74, 6) is -1.11. The van der Waals surface area contributed by atoms with Crippen molar-refractivity contribution in [3.63, 3.8) is 0 Å². The summed E-state index contributed by atoms with van der Waals surface area (Å²) in [5.41, 5.74) is 0. The molecule has 6 unspecified atom stereocenters. The molecule has 0 aromatic carbocycles. The van der Waals surface area contributed by atoms with Crippen molar-refractivity contribution in [2.75, 3.05) is 13.2 Å². The standard InChI is InChI=1S/C38H71O13P/c1-3-5-7-9-11-13-15-16-17-19-20-22-24-26-31(39)48-28-30(50-32(40)27-25-23-21-18-14-12-10-8-6-4-2)29-49-52(46,47)51-38-36(44)34(42)33(41)35(43)37(38)45/h13,15,30,33-38,41-45H,3-12,14,16-29H2,1-2H3,(H,46,47)/b15-13+/t30-,33?,34-,35?,36?,37?,38?/m1/s1. The van der Waals surface area contributed by atoms with Gasteiger partial charge in [0.1, 0.15) is 43.2 Å². The fourth-order valence-corrected chi connectivity index (χ4v) is 7.02. The lowest BCUT2D eigenvalue weighted by molar-refractivity contribution is -0.220. The van der Waals surface area contributed by atoms with Gasteiger partial charge >= 0.3 is 19.8 Å². The zero-order chi connectivity index (χ0) is 38.6. The van der Waals surface area contributed by atoms with Crippen LogP contribution in [0.15, 0.2) is 12.2 Å². The zero-order valence-corrected chi connectivity index (χ0v) is 32.8. The van der Waals surface area contributed by atoms with Crippen molar-refractivity contribution < 1.29 is 63.1 Å². The highest BCUT2D eigenvalue weighted by Crippen LogP contribution is 2.47. The second kappa shape index (κ2) is 29.9. The molecule has 0 heterocycles. The van der Waals surface area contributed by atoms with E-state index in [1.807, 2.05) is 0 Å². The van der Waals surface area contributed by atoms with Crippen LogP contribution in [0.4, 0.5) is 0 Å². The highest BCUT2D eigenvalue weighted by atomic mass is 31.2. The summed E-state index contributed by atoms with van der Waals surface area (Å²) in [5, 5.41) is 49.9. The van der Waals surface area contributed by atoms with Crippen molar-refractivity contribution in [3.8, 4) is 0 Å². The predicted octanol–water partition coefficient (Wildman–Crippen LogP) is 6.33. The molecule has 52 heavy (non-hydrogen) atoms. The molecule has 0 aromatic rings. The van der Waals surface area contributed by atoms with Crippen LogP contribution in [0.25, 0.3) is 0 Å². The van der Waals surface area contributed by atoms with Crippen LogP contribution < -0.4 is 0 Å². The number of hydrogen-bond acceptors (Lipinski definition) is 12. The fourth-order valence-electron chi connectivity index (χ4n) is 6.05. The van der Waals surface area contributed by atoms with E-state index in [1.165, 1.54) is 57.8 Å². The Hall–Kier alpha value is -1.41. The minimum atomic E-state index is -5.10. The van der Waals surface area contributed by atoms with Crippen LogP contribution in [-0.2, 0) is 32.7 Å². The van der Waals surface area contributed by atoms with Gasteiger partial charge in [-0.1, -0.05) is 122 Å². The molecule has 1 fully saturated rings. The molecule has 0 bridgehead atoms. The van der Waals surface area contributed by atoms with Gasteiger partial charge in [0.05, 0.1) is 6.61 Å². The van der Waals surface area contributed by atoms with Crippen molar-refractivity contribution in [2.24, 2.45) is 0 Å². The Labute approximate surface area is 312 Å². The van der Waals surface area contributed by atoms with Gasteiger partial charge in [-0.3, -0.25) is 18.6 Å². The second-order valence-corrected chi connectivity index (χ2v) is 15.5. The summed E-state index contributed by atoms with van der Waals surface area (Å²) < 4.78 is 33.3. The van der Waals surface area contributed by atoms with Gasteiger partial charge in [-0.25, -0.2) is 4.57 Å². The van der Waals surface area contributed by atoms with Gasteiger partial charge in [-0.2, -0.15) is 0 Å². The summed E-state index contributed by atoms with van der Waals surface area (Å²) in [6.07, 6.45) is 14.3. The van der Waals surface area contributed by atoms with Gasteiger partial charge in [0.25, 0.3) is 0 Å².